The van der Waals surface area contributed by atoms with Gasteiger partial charge >= 0.3 is 0 Å². The van der Waals surface area contributed by atoms with Crippen LogP contribution in [0.5, 0.6) is 0 Å². The molecule has 12 aromatic carbocycles. The molecule has 0 saturated carbocycles. The van der Waals surface area contributed by atoms with Crippen molar-refractivity contribution in [3.05, 3.63) is 254 Å². The van der Waals surface area contributed by atoms with Gasteiger partial charge in [0, 0.05) is 33.4 Å². The zero-order valence-electron chi connectivity index (χ0n) is 37.5. The first-order chi connectivity index (χ1) is 33.0. The Kier molecular flexibility index (Phi) is 8.91. The second-order valence-corrected chi connectivity index (χ2v) is 18.5. The first-order valence-corrected chi connectivity index (χ1v) is 23.3. The van der Waals surface area contributed by atoms with Crippen LogP contribution in [0, 0.1) is 0 Å². The fraction of sp³-hybridized carbons (Fsp3) is 0.0462. The summed E-state index contributed by atoms with van der Waals surface area (Å²) in [6.45, 7) is 4.77. The Labute approximate surface area is 391 Å². The standard InChI is InChI=1S/C65H46N2/c1-65(2)60-29-14-15-30-62(60)67(64-51-23-9-7-20-46(51)33-38-58(64)52-28-16-21-45-19-6-8-22-50(45)52)63-42-49(37-40-61(63)65)66(47-34-31-44(32-35-47)43-17-4-3-5-18-43)48-36-39-57-55-26-11-10-24-53(55)54-25-12-13-27-56(54)59(57)41-48/h3-42H,1-2H3. The van der Waals surface area contributed by atoms with Crippen molar-refractivity contribution < 1.29 is 0 Å². The zero-order chi connectivity index (χ0) is 44.6. The molecule has 0 aliphatic carbocycles. The molecule has 1 aliphatic rings. The maximum absolute atomic E-state index is 2.58. The molecule has 1 aliphatic heterocycles. The van der Waals surface area contributed by atoms with Gasteiger partial charge in [0.05, 0.1) is 17.1 Å². The van der Waals surface area contributed by atoms with Crippen molar-refractivity contribution in [2.45, 2.75) is 19.3 Å². The predicted molar refractivity (Wildman–Crippen MR) is 286 cm³/mol. The average molecular weight is 855 g/mol. The molecular formula is C65H46N2. The second-order valence-electron chi connectivity index (χ2n) is 18.5. The first-order valence-electron chi connectivity index (χ1n) is 23.3. The highest BCUT2D eigenvalue weighted by Crippen LogP contribution is 2.56. The predicted octanol–water partition coefficient (Wildman–Crippen LogP) is 18.4. The van der Waals surface area contributed by atoms with Gasteiger partial charge in [-0.15, -0.1) is 0 Å². The highest BCUT2D eigenvalue weighted by atomic mass is 15.2. The topological polar surface area (TPSA) is 6.48 Å². The van der Waals surface area contributed by atoms with Crippen LogP contribution < -0.4 is 9.80 Å². The molecule has 67 heavy (non-hydrogen) atoms. The molecule has 0 saturated heterocycles. The summed E-state index contributed by atoms with van der Waals surface area (Å²) in [5.74, 6) is 0. The van der Waals surface area contributed by atoms with E-state index in [9.17, 15) is 0 Å². The number of hydrogen-bond acceptors (Lipinski definition) is 2. The smallest absolute Gasteiger partial charge is 0.0618 e. The number of hydrogen-bond donors (Lipinski definition) is 0. The quantitative estimate of drug-likeness (QED) is 0.154. The van der Waals surface area contributed by atoms with E-state index >= 15 is 0 Å². The summed E-state index contributed by atoms with van der Waals surface area (Å²) in [7, 11) is 0. The lowest BCUT2D eigenvalue weighted by Gasteiger charge is -2.43. The third-order valence-corrected chi connectivity index (χ3v) is 14.4. The Hall–Kier alpha value is -8.46. The van der Waals surface area contributed by atoms with Gasteiger partial charge in [-0.3, -0.25) is 0 Å². The fourth-order valence-corrected chi connectivity index (χ4v) is 11.2. The van der Waals surface area contributed by atoms with Crippen molar-refractivity contribution >= 4 is 88.0 Å². The van der Waals surface area contributed by atoms with Crippen LogP contribution in [-0.2, 0) is 5.41 Å². The molecule has 0 unspecified atom stereocenters. The van der Waals surface area contributed by atoms with Crippen LogP contribution in [0.25, 0.3) is 76.1 Å². The van der Waals surface area contributed by atoms with Gasteiger partial charge in [-0.2, -0.15) is 0 Å². The van der Waals surface area contributed by atoms with E-state index in [1.54, 1.807) is 0 Å². The Morgan fingerprint density at radius 2 is 0.821 bits per heavy atom. The number of nitrogens with zero attached hydrogens (tertiary/aromatic N) is 2. The normalized spacial score (nSPS) is 13.0. The summed E-state index contributed by atoms with van der Waals surface area (Å²) >= 11 is 0. The van der Waals surface area contributed by atoms with E-state index in [0.717, 1.165) is 17.1 Å². The van der Waals surface area contributed by atoms with Gasteiger partial charge in [-0.1, -0.05) is 214 Å². The van der Waals surface area contributed by atoms with Crippen molar-refractivity contribution in [2.24, 2.45) is 0 Å². The lowest BCUT2D eigenvalue weighted by Crippen LogP contribution is -2.31. The average Bonchev–Trinajstić information content (AvgIpc) is 3.39. The molecule has 1 heterocycles. The SMILES string of the molecule is CC1(C)c2ccccc2N(c2c(-c3cccc4ccccc34)ccc3ccccc23)c2cc(N(c3ccc(-c4ccccc4)cc3)c3ccc4c5ccccc5c5ccccc5c4c3)ccc21. The minimum atomic E-state index is -0.282. The summed E-state index contributed by atoms with van der Waals surface area (Å²) in [5.41, 5.74) is 13.9. The van der Waals surface area contributed by atoms with E-state index in [4.69, 9.17) is 0 Å². The van der Waals surface area contributed by atoms with Gasteiger partial charge in [0.2, 0.25) is 0 Å². The van der Waals surface area contributed by atoms with Crippen LogP contribution in [0.15, 0.2) is 243 Å². The lowest BCUT2D eigenvalue weighted by atomic mass is 9.73. The van der Waals surface area contributed by atoms with E-state index in [2.05, 4.69) is 266 Å². The molecule has 0 N–H and O–H groups in total. The summed E-state index contributed by atoms with van der Waals surface area (Å²) in [4.78, 5) is 5.04. The third kappa shape index (κ3) is 6.18. The summed E-state index contributed by atoms with van der Waals surface area (Å²) in [6.07, 6.45) is 0. The molecule has 0 aromatic heterocycles. The number of benzene rings is 12. The third-order valence-electron chi connectivity index (χ3n) is 14.4. The summed E-state index contributed by atoms with van der Waals surface area (Å²) in [6, 6.07) is 89.8. The molecule has 0 spiro atoms. The maximum atomic E-state index is 2.58. The van der Waals surface area contributed by atoms with Crippen molar-refractivity contribution in [1.82, 2.24) is 0 Å². The molecule has 2 heteroatoms. The fourth-order valence-electron chi connectivity index (χ4n) is 11.2. The lowest BCUT2D eigenvalue weighted by molar-refractivity contribution is 0.632. The van der Waals surface area contributed by atoms with Gasteiger partial charge in [0.25, 0.3) is 0 Å². The van der Waals surface area contributed by atoms with E-state index in [0.29, 0.717) is 0 Å². The molecule has 0 bridgehead atoms. The Morgan fingerprint density at radius 3 is 1.55 bits per heavy atom. The number of fused-ring (bicyclic) bond motifs is 10. The van der Waals surface area contributed by atoms with Gasteiger partial charge < -0.3 is 9.80 Å². The van der Waals surface area contributed by atoms with Gasteiger partial charge in [-0.05, 0) is 119 Å². The maximum Gasteiger partial charge on any atom is 0.0618 e. The molecular weight excluding hydrogens is 809 g/mol. The Morgan fingerprint density at radius 1 is 0.313 bits per heavy atom. The van der Waals surface area contributed by atoms with E-state index < -0.39 is 0 Å². The Balaban J connectivity index is 1.09. The molecule has 12 aromatic rings. The highest BCUT2D eigenvalue weighted by molar-refractivity contribution is 6.26. The number of anilines is 6. The van der Waals surface area contributed by atoms with Crippen LogP contribution in [0.1, 0.15) is 25.0 Å². The van der Waals surface area contributed by atoms with Crippen molar-refractivity contribution in [3.63, 3.8) is 0 Å². The van der Waals surface area contributed by atoms with Crippen molar-refractivity contribution in [3.8, 4) is 22.3 Å². The molecule has 0 atom stereocenters. The van der Waals surface area contributed by atoms with Crippen molar-refractivity contribution in [2.75, 3.05) is 9.80 Å². The van der Waals surface area contributed by atoms with Gasteiger partial charge in [0.1, 0.15) is 0 Å². The second kappa shape index (κ2) is 15.3. The van der Waals surface area contributed by atoms with Gasteiger partial charge in [-0.25, -0.2) is 0 Å². The molecule has 0 fully saturated rings. The monoisotopic (exact) mass is 854 g/mol. The number of para-hydroxylation sites is 1. The minimum absolute atomic E-state index is 0.282. The van der Waals surface area contributed by atoms with E-state index in [-0.39, 0.29) is 5.41 Å². The van der Waals surface area contributed by atoms with Crippen LogP contribution in [0.2, 0.25) is 0 Å². The molecule has 0 radical (unpaired) electrons. The molecule has 13 rings (SSSR count). The summed E-state index contributed by atoms with van der Waals surface area (Å²) < 4.78 is 0. The van der Waals surface area contributed by atoms with Crippen LogP contribution in [0.3, 0.4) is 0 Å². The number of rotatable bonds is 6. The zero-order valence-corrected chi connectivity index (χ0v) is 37.5. The first kappa shape index (κ1) is 39.0. The minimum Gasteiger partial charge on any atom is -0.310 e. The highest BCUT2D eigenvalue weighted by Gasteiger charge is 2.38. The van der Waals surface area contributed by atoms with E-state index in [1.807, 2.05) is 0 Å². The van der Waals surface area contributed by atoms with Gasteiger partial charge in [0.15, 0.2) is 0 Å². The van der Waals surface area contributed by atoms with Crippen LogP contribution in [0.4, 0.5) is 34.1 Å². The largest absolute Gasteiger partial charge is 0.310 e. The van der Waals surface area contributed by atoms with Crippen LogP contribution in [-0.4, -0.2) is 0 Å². The molecule has 0 amide bonds. The molecule has 2 nitrogen and oxygen atoms in total. The van der Waals surface area contributed by atoms with Crippen molar-refractivity contribution in [1.29, 1.82) is 0 Å². The van der Waals surface area contributed by atoms with E-state index in [1.165, 1.54) is 104 Å². The summed E-state index contributed by atoms with van der Waals surface area (Å²) in [5, 5.41) is 12.4. The molecule has 316 valence electrons. The van der Waals surface area contributed by atoms with Crippen LogP contribution >= 0.6 is 0 Å². The Bertz CT molecular complexity index is 3860.